The van der Waals surface area contributed by atoms with E-state index in [0.717, 1.165) is 22.3 Å². The second kappa shape index (κ2) is 9.64. The third kappa shape index (κ3) is 5.84. The van der Waals surface area contributed by atoms with Crippen molar-refractivity contribution >= 4 is 18.0 Å². The zero-order valence-corrected chi connectivity index (χ0v) is 17.8. The Bertz CT molecular complexity index is 924. The molecule has 0 radical (unpaired) electrons. The Kier molecular flexibility index (Phi) is 6.95. The molecule has 0 aliphatic heterocycles. The Hall–Kier alpha value is -3.35. The second-order valence-corrected chi connectivity index (χ2v) is 8.33. The quantitative estimate of drug-likeness (QED) is 0.570. The molecule has 164 valence electrons. The van der Waals surface area contributed by atoms with Crippen LogP contribution in [-0.4, -0.2) is 41.8 Å². The Labute approximate surface area is 181 Å². The number of nitrogens with one attached hydrogen (secondary N) is 2. The molecular weight excluding hydrogens is 396 g/mol. The summed E-state index contributed by atoms with van der Waals surface area (Å²) >= 11 is 0. The number of carbonyl (C=O) groups is 3. The number of carbonyl (C=O) groups excluding carboxylic acids is 2. The van der Waals surface area contributed by atoms with Gasteiger partial charge in [-0.05, 0) is 42.5 Å². The minimum absolute atomic E-state index is 0.0171. The third-order valence-corrected chi connectivity index (χ3v) is 5.41. The number of aliphatic carboxylic acids is 1. The van der Waals surface area contributed by atoms with Crippen LogP contribution in [0.2, 0.25) is 0 Å². The second-order valence-electron chi connectivity index (χ2n) is 8.33. The van der Waals surface area contributed by atoms with Crippen LogP contribution in [0, 0.1) is 0 Å². The van der Waals surface area contributed by atoms with Crippen LogP contribution < -0.4 is 10.6 Å². The molecule has 3 N–H and O–H groups in total. The van der Waals surface area contributed by atoms with E-state index in [1.54, 1.807) is 13.8 Å². The molecule has 31 heavy (non-hydrogen) atoms. The van der Waals surface area contributed by atoms with Gasteiger partial charge in [0.15, 0.2) is 0 Å². The van der Waals surface area contributed by atoms with Gasteiger partial charge in [-0.3, -0.25) is 9.59 Å². The molecule has 3 rings (SSSR count). The van der Waals surface area contributed by atoms with Crippen LogP contribution in [0.1, 0.15) is 50.2 Å². The van der Waals surface area contributed by atoms with E-state index in [1.807, 2.05) is 24.3 Å². The average Bonchev–Trinajstić information content (AvgIpc) is 3.04. The van der Waals surface area contributed by atoms with Crippen LogP contribution in [0.4, 0.5) is 4.79 Å². The normalized spacial score (nSPS) is 12.6. The maximum atomic E-state index is 12.1. The first-order valence-corrected chi connectivity index (χ1v) is 10.4. The fourth-order valence-corrected chi connectivity index (χ4v) is 3.85. The van der Waals surface area contributed by atoms with Crippen LogP contribution >= 0.6 is 0 Å². The van der Waals surface area contributed by atoms with Gasteiger partial charge in [-0.2, -0.15) is 0 Å². The van der Waals surface area contributed by atoms with E-state index in [2.05, 4.69) is 34.9 Å². The summed E-state index contributed by atoms with van der Waals surface area (Å²) in [6.07, 6.45) is -0.181. The number of carboxylic acid groups (broad SMARTS) is 1. The van der Waals surface area contributed by atoms with Crippen molar-refractivity contribution in [3.05, 3.63) is 59.7 Å². The van der Waals surface area contributed by atoms with Crippen LogP contribution in [0.25, 0.3) is 11.1 Å². The number of rotatable bonds is 9. The predicted molar refractivity (Wildman–Crippen MR) is 117 cm³/mol. The third-order valence-electron chi connectivity index (χ3n) is 5.41. The monoisotopic (exact) mass is 424 g/mol. The standard InChI is InChI=1S/C24H28N2O5/c1-24(2,13-11-22(28)29)26-21(27)12-14-25-23(30)31-15-20-18-9-5-3-7-16(18)17-8-4-6-10-19(17)20/h3-10,20H,11-15H2,1-2H3,(H,25,30)(H,26,27)(H,28,29). The minimum atomic E-state index is -0.903. The lowest BCUT2D eigenvalue weighted by atomic mass is 9.98. The van der Waals surface area contributed by atoms with Crippen molar-refractivity contribution in [2.75, 3.05) is 13.2 Å². The van der Waals surface area contributed by atoms with Crippen molar-refractivity contribution < 1.29 is 24.2 Å². The molecule has 0 atom stereocenters. The summed E-state index contributed by atoms with van der Waals surface area (Å²) in [5.41, 5.74) is 3.97. The molecule has 0 heterocycles. The predicted octanol–water partition coefficient (Wildman–Crippen LogP) is 3.67. The van der Waals surface area contributed by atoms with Gasteiger partial charge in [0.1, 0.15) is 6.61 Å². The maximum absolute atomic E-state index is 12.1. The fourth-order valence-electron chi connectivity index (χ4n) is 3.85. The first kappa shape index (κ1) is 22.3. The summed E-state index contributed by atoms with van der Waals surface area (Å²) in [7, 11) is 0. The van der Waals surface area contributed by atoms with Crippen molar-refractivity contribution in [2.45, 2.75) is 44.6 Å². The van der Waals surface area contributed by atoms with Gasteiger partial charge < -0.3 is 20.5 Å². The Morgan fingerprint density at radius 1 is 0.968 bits per heavy atom. The zero-order chi connectivity index (χ0) is 22.4. The smallest absolute Gasteiger partial charge is 0.407 e. The SMILES string of the molecule is CC(C)(CCC(=O)O)NC(=O)CCNC(=O)OCC1c2ccccc2-c2ccccc21. The molecule has 7 nitrogen and oxygen atoms in total. The zero-order valence-electron chi connectivity index (χ0n) is 17.8. The molecule has 2 aromatic carbocycles. The number of hydrogen-bond acceptors (Lipinski definition) is 4. The van der Waals surface area contributed by atoms with Crippen LogP contribution in [-0.2, 0) is 14.3 Å². The highest BCUT2D eigenvalue weighted by Crippen LogP contribution is 2.44. The van der Waals surface area contributed by atoms with Crippen LogP contribution in [0.3, 0.4) is 0 Å². The molecule has 0 fully saturated rings. The molecule has 7 heteroatoms. The number of fused-ring (bicyclic) bond motifs is 3. The van der Waals surface area contributed by atoms with E-state index < -0.39 is 17.6 Å². The lowest BCUT2D eigenvalue weighted by Crippen LogP contribution is -2.44. The molecule has 2 aromatic rings. The first-order valence-electron chi connectivity index (χ1n) is 10.4. The summed E-state index contributed by atoms with van der Waals surface area (Å²) in [5.74, 6) is -1.18. The molecule has 1 aliphatic carbocycles. The van der Waals surface area contributed by atoms with Crippen molar-refractivity contribution in [2.24, 2.45) is 0 Å². The molecular formula is C24H28N2O5. The summed E-state index contributed by atoms with van der Waals surface area (Å²) < 4.78 is 5.44. The van der Waals surface area contributed by atoms with E-state index in [1.165, 1.54) is 0 Å². The number of hydrogen-bond donors (Lipinski definition) is 3. The lowest BCUT2D eigenvalue weighted by molar-refractivity contribution is -0.137. The summed E-state index contributed by atoms with van der Waals surface area (Å²) in [5, 5.41) is 14.2. The number of carboxylic acids is 1. The fraction of sp³-hybridized carbons (Fsp3) is 0.375. The number of alkyl carbamates (subject to hydrolysis) is 1. The summed E-state index contributed by atoms with van der Waals surface area (Å²) in [6.45, 7) is 3.89. The molecule has 0 saturated carbocycles. The first-order chi connectivity index (χ1) is 14.8. The van der Waals surface area contributed by atoms with Gasteiger partial charge in [-0.25, -0.2) is 4.79 Å². The number of benzene rings is 2. The van der Waals surface area contributed by atoms with Gasteiger partial charge in [0.05, 0.1) is 0 Å². The summed E-state index contributed by atoms with van der Waals surface area (Å²) in [4.78, 5) is 34.9. The highest BCUT2D eigenvalue weighted by Gasteiger charge is 2.29. The molecule has 2 amide bonds. The van der Waals surface area contributed by atoms with E-state index in [4.69, 9.17) is 9.84 Å². The number of amides is 2. The van der Waals surface area contributed by atoms with Gasteiger partial charge in [-0.1, -0.05) is 48.5 Å². The molecule has 0 aromatic heterocycles. The van der Waals surface area contributed by atoms with E-state index in [0.29, 0.717) is 6.42 Å². The largest absolute Gasteiger partial charge is 0.481 e. The van der Waals surface area contributed by atoms with Crippen molar-refractivity contribution in [1.29, 1.82) is 0 Å². The number of ether oxygens (including phenoxy) is 1. The van der Waals surface area contributed by atoms with E-state index in [9.17, 15) is 14.4 Å². The minimum Gasteiger partial charge on any atom is -0.481 e. The van der Waals surface area contributed by atoms with E-state index >= 15 is 0 Å². The maximum Gasteiger partial charge on any atom is 0.407 e. The van der Waals surface area contributed by atoms with E-state index in [-0.39, 0.29) is 37.8 Å². The molecule has 0 spiro atoms. The average molecular weight is 424 g/mol. The van der Waals surface area contributed by atoms with Gasteiger partial charge in [0, 0.05) is 30.8 Å². The molecule has 0 bridgehead atoms. The topological polar surface area (TPSA) is 105 Å². The molecule has 0 unspecified atom stereocenters. The van der Waals surface area contributed by atoms with Crippen molar-refractivity contribution in [1.82, 2.24) is 10.6 Å². The Balaban J connectivity index is 1.45. The van der Waals surface area contributed by atoms with Crippen LogP contribution in [0.5, 0.6) is 0 Å². The summed E-state index contributed by atoms with van der Waals surface area (Å²) in [6, 6.07) is 16.2. The van der Waals surface area contributed by atoms with Gasteiger partial charge in [-0.15, -0.1) is 0 Å². The lowest BCUT2D eigenvalue weighted by Gasteiger charge is -2.25. The van der Waals surface area contributed by atoms with Crippen LogP contribution in [0.15, 0.2) is 48.5 Å². The molecule has 1 aliphatic rings. The van der Waals surface area contributed by atoms with Crippen molar-refractivity contribution in [3.63, 3.8) is 0 Å². The van der Waals surface area contributed by atoms with Crippen molar-refractivity contribution in [3.8, 4) is 11.1 Å². The van der Waals surface area contributed by atoms with Gasteiger partial charge >= 0.3 is 12.1 Å². The highest BCUT2D eigenvalue weighted by molar-refractivity contribution is 5.79. The van der Waals surface area contributed by atoms with Gasteiger partial charge in [0.2, 0.25) is 5.91 Å². The molecule has 0 saturated heterocycles. The Morgan fingerprint density at radius 3 is 2.13 bits per heavy atom. The highest BCUT2D eigenvalue weighted by atomic mass is 16.5. The Morgan fingerprint density at radius 2 is 1.55 bits per heavy atom. The van der Waals surface area contributed by atoms with Gasteiger partial charge in [0.25, 0.3) is 0 Å².